The molecule has 110 valence electrons. The normalized spacial score (nSPS) is 11.6. The minimum Gasteiger partial charge on any atom is -0.459 e. The van der Waals surface area contributed by atoms with Crippen LogP contribution in [-0.4, -0.2) is 11.4 Å². The van der Waals surface area contributed by atoms with Crippen LogP contribution in [0.4, 0.5) is 0 Å². The Kier molecular flexibility index (Phi) is 4.39. The van der Waals surface area contributed by atoms with Crippen LogP contribution in [0.5, 0.6) is 0 Å². The SMILES string of the molecule is CCN(Cc1cccs1)Cc1c(CN)oc2ccccc12. The topological polar surface area (TPSA) is 42.4 Å². The molecular weight excluding hydrogens is 280 g/mol. The van der Waals surface area contributed by atoms with Gasteiger partial charge in [0.05, 0.1) is 6.54 Å². The summed E-state index contributed by atoms with van der Waals surface area (Å²) in [6.07, 6.45) is 0. The van der Waals surface area contributed by atoms with Crippen molar-refractivity contribution in [2.24, 2.45) is 5.73 Å². The third-order valence-corrected chi connectivity index (χ3v) is 4.62. The molecular formula is C17H20N2OS. The lowest BCUT2D eigenvalue weighted by Crippen LogP contribution is -2.22. The lowest BCUT2D eigenvalue weighted by Gasteiger charge is -2.19. The number of rotatable bonds is 6. The molecule has 0 aliphatic heterocycles. The Bertz CT molecular complexity index is 703. The summed E-state index contributed by atoms with van der Waals surface area (Å²) in [6, 6.07) is 12.5. The van der Waals surface area contributed by atoms with Crippen molar-refractivity contribution in [3.05, 3.63) is 58.0 Å². The molecule has 4 heteroatoms. The summed E-state index contributed by atoms with van der Waals surface area (Å²) >= 11 is 1.80. The van der Waals surface area contributed by atoms with Gasteiger partial charge in [0.15, 0.2) is 0 Å². The van der Waals surface area contributed by atoms with Gasteiger partial charge in [0.2, 0.25) is 0 Å². The highest BCUT2D eigenvalue weighted by molar-refractivity contribution is 7.09. The molecule has 0 unspecified atom stereocenters. The van der Waals surface area contributed by atoms with Gasteiger partial charge >= 0.3 is 0 Å². The van der Waals surface area contributed by atoms with Crippen LogP contribution in [0.1, 0.15) is 23.1 Å². The molecule has 3 aromatic rings. The summed E-state index contributed by atoms with van der Waals surface area (Å²) in [4.78, 5) is 3.81. The van der Waals surface area contributed by atoms with Crippen LogP contribution < -0.4 is 5.73 Å². The molecule has 3 rings (SSSR count). The second kappa shape index (κ2) is 6.43. The molecule has 3 nitrogen and oxygen atoms in total. The maximum atomic E-state index is 5.88. The molecule has 0 fully saturated rings. The first-order chi connectivity index (χ1) is 10.3. The largest absolute Gasteiger partial charge is 0.459 e. The lowest BCUT2D eigenvalue weighted by atomic mass is 10.1. The molecule has 0 radical (unpaired) electrons. The smallest absolute Gasteiger partial charge is 0.134 e. The number of nitrogens with zero attached hydrogens (tertiary/aromatic N) is 1. The molecule has 2 heterocycles. The van der Waals surface area contributed by atoms with Crippen LogP contribution >= 0.6 is 11.3 Å². The van der Waals surface area contributed by atoms with Gasteiger partial charge in [0.1, 0.15) is 11.3 Å². The van der Waals surface area contributed by atoms with Crippen LogP contribution in [-0.2, 0) is 19.6 Å². The van der Waals surface area contributed by atoms with Crippen molar-refractivity contribution in [2.45, 2.75) is 26.6 Å². The zero-order chi connectivity index (χ0) is 14.7. The van der Waals surface area contributed by atoms with Crippen molar-refractivity contribution in [3.63, 3.8) is 0 Å². The maximum absolute atomic E-state index is 5.88. The van der Waals surface area contributed by atoms with E-state index < -0.39 is 0 Å². The molecule has 0 aliphatic carbocycles. The van der Waals surface area contributed by atoms with Crippen LogP contribution in [0.25, 0.3) is 11.0 Å². The first kappa shape index (κ1) is 14.3. The molecule has 0 amide bonds. The molecule has 0 spiro atoms. The van der Waals surface area contributed by atoms with Crippen molar-refractivity contribution < 1.29 is 4.42 Å². The van der Waals surface area contributed by atoms with Gasteiger partial charge in [-0.2, -0.15) is 0 Å². The van der Waals surface area contributed by atoms with Crippen LogP contribution in [0.2, 0.25) is 0 Å². The fraction of sp³-hybridized carbons (Fsp3) is 0.294. The van der Waals surface area contributed by atoms with Crippen LogP contribution in [0, 0.1) is 0 Å². The number of benzene rings is 1. The molecule has 0 aliphatic rings. The third kappa shape index (κ3) is 3.02. The van der Waals surface area contributed by atoms with E-state index in [0.717, 1.165) is 31.0 Å². The summed E-state index contributed by atoms with van der Waals surface area (Å²) in [6.45, 7) is 5.48. The molecule has 2 aromatic heterocycles. The van der Waals surface area contributed by atoms with Crippen molar-refractivity contribution in [1.82, 2.24) is 4.90 Å². The fourth-order valence-corrected chi connectivity index (χ4v) is 3.36. The van der Waals surface area contributed by atoms with Gasteiger partial charge in [0, 0.05) is 28.9 Å². The maximum Gasteiger partial charge on any atom is 0.134 e. The lowest BCUT2D eigenvalue weighted by molar-refractivity contribution is 0.272. The Morgan fingerprint density at radius 2 is 2.00 bits per heavy atom. The molecule has 1 aromatic carbocycles. The number of hydrogen-bond donors (Lipinski definition) is 1. The van der Waals surface area contributed by atoms with Crippen LogP contribution in [0.3, 0.4) is 0 Å². The minimum absolute atomic E-state index is 0.445. The highest BCUT2D eigenvalue weighted by atomic mass is 32.1. The molecule has 0 saturated carbocycles. The van der Waals surface area contributed by atoms with E-state index in [-0.39, 0.29) is 0 Å². The van der Waals surface area contributed by atoms with Gasteiger partial charge in [-0.1, -0.05) is 31.2 Å². The minimum atomic E-state index is 0.445. The molecule has 0 atom stereocenters. The first-order valence-corrected chi connectivity index (χ1v) is 8.14. The van der Waals surface area contributed by atoms with Gasteiger partial charge in [-0.25, -0.2) is 0 Å². The van der Waals surface area contributed by atoms with E-state index in [4.69, 9.17) is 10.2 Å². The Balaban J connectivity index is 1.88. The summed E-state index contributed by atoms with van der Waals surface area (Å²) in [5.74, 6) is 0.904. The summed E-state index contributed by atoms with van der Waals surface area (Å²) in [7, 11) is 0. The van der Waals surface area contributed by atoms with Crippen molar-refractivity contribution in [2.75, 3.05) is 6.54 Å². The highest BCUT2D eigenvalue weighted by Gasteiger charge is 2.15. The monoisotopic (exact) mass is 300 g/mol. The van der Waals surface area contributed by atoms with Gasteiger partial charge in [0.25, 0.3) is 0 Å². The van der Waals surface area contributed by atoms with Crippen molar-refractivity contribution in [1.29, 1.82) is 0 Å². The zero-order valence-corrected chi connectivity index (χ0v) is 13.0. The van der Waals surface area contributed by atoms with Gasteiger partial charge in [-0.05, 0) is 24.1 Å². The second-order valence-corrected chi connectivity index (χ2v) is 6.12. The van der Waals surface area contributed by atoms with E-state index in [1.807, 2.05) is 12.1 Å². The van der Waals surface area contributed by atoms with Crippen LogP contribution in [0.15, 0.2) is 46.2 Å². The Labute approximate surface area is 129 Å². The van der Waals surface area contributed by atoms with E-state index in [2.05, 4.69) is 41.5 Å². The van der Waals surface area contributed by atoms with Crippen molar-refractivity contribution >= 4 is 22.3 Å². The summed E-state index contributed by atoms with van der Waals surface area (Å²) < 4.78 is 5.88. The Morgan fingerprint density at radius 3 is 2.71 bits per heavy atom. The average Bonchev–Trinajstić information content (AvgIpc) is 3.14. The molecule has 0 bridgehead atoms. The van der Waals surface area contributed by atoms with E-state index in [9.17, 15) is 0 Å². The Hall–Kier alpha value is -1.62. The van der Waals surface area contributed by atoms with E-state index in [1.165, 1.54) is 15.8 Å². The van der Waals surface area contributed by atoms with E-state index in [0.29, 0.717) is 6.54 Å². The zero-order valence-electron chi connectivity index (χ0n) is 12.2. The van der Waals surface area contributed by atoms with Gasteiger partial charge < -0.3 is 10.2 Å². The molecule has 21 heavy (non-hydrogen) atoms. The van der Waals surface area contributed by atoms with Crippen molar-refractivity contribution in [3.8, 4) is 0 Å². The number of furan rings is 1. The predicted octanol–water partition coefficient (Wildman–Crippen LogP) is 3.98. The number of thiophene rings is 1. The van der Waals surface area contributed by atoms with E-state index in [1.54, 1.807) is 11.3 Å². The quantitative estimate of drug-likeness (QED) is 0.749. The molecule has 0 saturated heterocycles. The predicted molar refractivity (Wildman–Crippen MR) is 88.2 cm³/mol. The summed E-state index contributed by atoms with van der Waals surface area (Å²) in [5.41, 5.74) is 8.02. The Morgan fingerprint density at radius 1 is 1.14 bits per heavy atom. The second-order valence-electron chi connectivity index (χ2n) is 5.09. The number of nitrogens with two attached hydrogens (primary N) is 1. The fourth-order valence-electron chi connectivity index (χ4n) is 2.61. The van der Waals surface area contributed by atoms with Gasteiger partial charge in [-0.3, -0.25) is 4.90 Å². The average molecular weight is 300 g/mol. The number of hydrogen-bond acceptors (Lipinski definition) is 4. The first-order valence-electron chi connectivity index (χ1n) is 7.26. The molecule has 2 N–H and O–H groups in total. The standard InChI is InChI=1S/C17H20N2OS/c1-2-19(11-13-6-5-9-21-13)12-15-14-7-3-4-8-16(14)20-17(15)10-18/h3-9H,2,10-12,18H2,1H3. The number of para-hydroxylation sites is 1. The number of fused-ring (bicyclic) bond motifs is 1. The van der Waals surface area contributed by atoms with E-state index >= 15 is 0 Å². The summed E-state index contributed by atoms with van der Waals surface area (Å²) in [5, 5.41) is 3.31. The van der Waals surface area contributed by atoms with Gasteiger partial charge in [-0.15, -0.1) is 11.3 Å². The highest BCUT2D eigenvalue weighted by Crippen LogP contribution is 2.27. The third-order valence-electron chi connectivity index (χ3n) is 3.76.